The molecule has 114 valence electrons. The molecule has 1 spiro atoms. The third-order valence-electron chi connectivity index (χ3n) is 5.34. The number of hydrogen-bond acceptors (Lipinski definition) is 3. The minimum absolute atomic E-state index is 0.200. The average molecular weight is 296 g/mol. The van der Waals surface area contributed by atoms with E-state index in [-0.39, 0.29) is 11.7 Å². The summed E-state index contributed by atoms with van der Waals surface area (Å²) in [6.45, 7) is 5.47. The molecule has 0 aromatic rings. The summed E-state index contributed by atoms with van der Waals surface area (Å²) in [5.41, 5.74) is -0.200. The van der Waals surface area contributed by atoms with Crippen LogP contribution in [0.1, 0.15) is 58.8 Å². The Hall–Kier alpha value is -0.220. The van der Waals surface area contributed by atoms with E-state index in [2.05, 4.69) is 30.3 Å². The van der Waals surface area contributed by atoms with Crippen molar-refractivity contribution in [3.63, 3.8) is 0 Å². The van der Waals surface area contributed by atoms with Gasteiger partial charge in [0.25, 0.3) is 0 Å². The van der Waals surface area contributed by atoms with Crippen LogP contribution in [0.4, 0.5) is 0 Å². The molecule has 0 radical (unpaired) electrons. The van der Waals surface area contributed by atoms with Gasteiger partial charge in [-0.15, -0.1) is 0 Å². The second-order valence-electron chi connectivity index (χ2n) is 7.40. The highest BCUT2D eigenvalue weighted by atomic mass is 32.2. The zero-order valence-corrected chi connectivity index (χ0v) is 13.9. The van der Waals surface area contributed by atoms with Crippen LogP contribution in [0.2, 0.25) is 0 Å². The lowest BCUT2D eigenvalue weighted by atomic mass is 9.98. The van der Waals surface area contributed by atoms with Crippen LogP contribution in [0, 0.1) is 5.92 Å². The van der Waals surface area contributed by atoms with Gasteiger partial charge < -0.3 is 4.90 Å². The fourth-order valence-corrected chi connectivity index (χ4v) is 4.68. The highest BCUT2D eigenvalue weighted by Gasteiger charge is 2.55. The van der Waals surface area contributed by atoms with Crippen LogP contribution in [0.15, 0.2) is 0 Å². The number of nitrogens with one attached hydrogen (secondary N) is 1. The standard InChI is InChI=1S/C16H28N2OS/c1-12(2)10-13-17-16(6-4-5-7-16)14(19)18(13)11-15(20-3)8-9-15/h12-13,17H,4-11H2,1-3H3. The van der Waals surface area contributed by atoms with Crippen molar-refractivity contribution in [2.45, 2.75) is 75.2 Å². The number of nitrogens with zero attached hydrogens (tertiary/aromatic N) is 1. The van der Waals surface area contributed by atoms with Gasteiger partial charge in [0, 0.05) is 11.3 Å². The lowest BCUT2D eigenvalue weighted by molar-refractivity contribution is -0.133. The summed E-state index contributed by atoms with van der Waals surface area (Å²) in [7, 11) is 0. The van der Waals surface area contributed by atoms with E-state index in [4.69, 9.17) is 0 Å². The van der Waals surface area contributed by atoms with Crippen LogP contribution >= 0.6 is 11.8 Å². The second kappa shape index (κ2) is 5.20. The van der Waals surface area contributed by atoms with Crippen molar-refractivity contribution >= 4 is 17.7 Å². The molecule has 2 saturated carbocycles. The number of amides is 1. The van der Waals surface area contributed by atoms with Gasteiger partial charge in [0.15, 0.2) is 0 Å². The molecule has 1 saturated heterocycles. The molecule has 1 N–H and O–H groups in total. The van der Waals surface area contributed by atoms with Crippen molar-refractivity contribution < 1.29 is 4.79 Å². The maximum absolute atomic E-state index is 13.0. The van der Waals surface area contributed by atoms with Crippen molar-refractivity contribution in [1.29, 1.82) is 0 Å². The first kappa shape index (κ1) is 14.7. The zero-order valence-electron chi connectivity index (χ0n) is 13.1. The van der Waals surface area contributed by atoms with Gasteiger partial charge in [0.2, 0.25) is 5.91 Å². The van der Waals surface area contributed by atoms with E-state index in [0.29, 0.717) is 16.6 Å². The Bertz CT molecular complexity index is 386. The zero-order chi connectivity index (χ0) is 14.4. The maximum Gasteiger partial charge on any atom is 0.244 e. The summed E-state index contributed by atoms with van der Waals surface area (Å²) in [5, 5.41) is 3.74. The molecule has 1 amide bonds. The average Bonchev–Trinajstić information content (AvgIpc) is 2.96. The summed E-state index contributed by atoms with van der Waals surface area (Å²) in [6, 6.07) is 0. The van der Waals surface area contributed by atoms with Crippen LogP contribution in [-0.4, -0.2) is 40.1 Å². The van der Waals surface area contributed by atoms with Crippen LogP contribution in [0.5, 0.6) is 0 Å². The monoisotopic (exact) mass is 296 g/mol. The highest BCUT2D eigenvalue weighted by Crippen LogP contribution is 2.49. The van der Waals surface area contributed by atoms with Gasteiger partial charge in [-0.2, -0.15) is 11.8 Å². The number of rotatable bonds is 5. The van der Waals surface area contributed by atoms with Crippen molar-refractivity contribution in [3.8, 4) is 0 Å². The summed E-state index contributed by atoms with van der Waals surface area (Å²) in [4.78, 5) is 15.2. The molecule has 2 aliphatic carbocycles. The van der Waals surface area contributed by atoms with E-state index in [1.165, 1.54) is 25.7 Å². The number of carbonyl (C=O) groups excluding carboxylic acids is 1. The number of hydrogen-bond donors (Lipinski definition) is 1. The Morgan fingerprint density at radius 2 is 1.95 bits per heavy atom. The van der Waals surface area contributed by atoms with Gasteiger partial charge in [-0.25, -0.2) is 0 Å². The molecule has 20 heavy (non-hydrogen) atoms. The Balaban J connectivity index is 1.78. The molecule has 4 heteroatoms. The molecular weight excluding hydrogens is 268 g/mol. The topological polar surface area (TPSA) is 32.3 Å². The molecule has 0 aromatic heterocycles. The minimum atomic E-state index is -0.200. The molecular formula is C16H28N2OS. The van der Waals surface area contributed by atoms with E-state index >= 15 is 0 Å². The van der Waals surface area contributed by atoms with Crippen LogP contribution < -0.4 is 5.32 Å². The lowest BCUT2D eigenvalue weighted by Crippen LogP contribution is -2.45. The summed E-state index contributed by atoms with van der Waals surface area (Å²) in [6.07, 6.45) is 10.6. The largest absolute Gasteiger partial charge is 0.324 e. The predicted molar refractivity (Wildman–Crippen MR) is 84.8 cm³/mol. The molecule has 1 heterocycles. The molecule has 3 rings (SSSR count). The SMILES string of the molecule is CSC1(CN2C(=O)C3(CCCC3)NC2CC(C)C)CC1. The fourth-order valence-electron chi connectivity index (χ4n) is 3.90. The fraction of sp³-hybridized carbons (Fsp3) is 0.938. The Morgan fingerprint density at radius 1 is 1.30 bits per heavy atom. The van der Waals surface area contributed by atoms with Crippen LogP contribution in [0.3, 0.4) is 0 Å². The molecule has 1 atom stereocenters. The van der Waals surface area contributed by atoms with Gasteiger partial charge in [-0.1, -0.05) is 26.7 Å². The number of thioether (sulfide) groups is 1. The predicted octanol–water partition coefficient (Wildman–Crippen LogP) is 3.00. The van der Waals surface area contributed by atoms with Gasteiger partial charge >= 0.3 is 0 Å². The Kier molecular flexibility index (Phi) is 3.83. The van der Waals surface area contributed by atoms with Gasteiger partial charge in [0.05, 0.1) is 11.7 Å². The summed E-state index contributed by atoms with van der Waals surface area (Å²) in [5.74, 6) is 1.03. The van der Waals surface area contributed by atoms with E-state index < -0.39 is 0 Å². The molecule has 1 unspecified atom stereocenters. The van der Waals surface area contributed by atoms with Crippen LogP contribution in [0.25, 0.3) is 0 Å². The quantitative estimate of drug-likeness (QED) is 0.846. The van der Waals surface area contributed by atoms with E-state index in [9.17, 15) is 4.79 Å². The van der Waals surface area contributed by atoms with Crippen molar-refractivity contribution in [2.24, 2.45) is 5.92 Å². The second-order valence-corrected chi connectivity index (χ2v) is 8.67. The molecule has 0 bridgehead atoms. The van der Waals surface area contributed by atoms with Gasteiger partial charge in [-0.3, -0.25) is 10.1 Å². The van der Waals surface area contributed by atoms with Gasteiger partial charge in [0.1, 0.15) is 0 Å². The van der Waals surface area contributed by atoms with E-state index in [1.54, 1.807) is 0 Å². The van der Waals surface area contributed by atoms with Crippen molar-refractivity contribution in [3.05, 3.63) is 0 Å². The van der Waals surface area contributed by atoms with Gasteiger partial charge in [-0.05, 0) is 44.3 Å². The number of carbonyl (C=O) groups is 1. The normalized spacial score (nSPS) is 30.7. The molecule has 0 aromatic carbocycles. The lowest BCUT2D eigenvalue weighted by Gasteiger charge is -2.29. The molecule has 3 nitrogen and oxygen atoms in total. The third-order valence-corrected chi connectivity index (χ3v) is 6.74. The summed E-state index contributed by atoms with van der Waals surface area (Å²) >= 11 is 1.96. The maximum atomic E-state index is 13.0. The van der Waals surface area contributed by atoms with E-state index in [1.807, 2.05) is 11.8 Å². The Morgan fingerprint density at radius 3 is 2.45 bits per heavy atom. The van der Waals surface area contributed by atoms with Crippen LogP contribution in [-0.2, 0) is 4.79 Å². The minimum Gasteiger partial charge on any atom is -0.324 e. The first-order chi connectivity index (χ1) is 9.50. The van der Waals surface area contributed by atoms with Crippen molar-refractivity contribution in [2.75, 3.05) is 12.8 Å². The first-order valence-electron chi connectivity index (χ1n) is 8.14. The summed E-state index contributed by atoms with van der Waals surface area (Å²) < 4.78 is 0.372. The highest BCUT2D eigenvalue weighted by molar-refractivity contribution is 8.00. The van der Waals surface area contributed by atoms with E-state index in [0.717, 1.165) is 25.8 Å². The third kappa shape index (κ3) is 2.50. The molecule has 3 fully saturated rings. The van der Waals surface area contributed by atoms with Crippen molar-refractivity contribution in [1.82, 2.24) is 10.2 Å². The Labute approximate surface area is 127 Å². The first-order valence-corrected chi connectivity index (χ1v) is 9.37. The molecule has 3 aliphatic rings. The molecule has 1 aliphatic heterocycles. The smallest absolute Gasteiger partial charge is 0.244 e.